The first-order chi connectivity index (χ1) is 8.13. The minimum atomic E-state index is 0.455. The average molecular weight is 235 g/mol. The molecule has 1 nitrogen and oxygen atoms in total. The quantitative estimate of drug-likeness (QED) is 0.784. The molecule has 4 rings (SSSR count). The largest absolute Gasteiger partial charge is 0.327 e. The third kappa shape index (κ3) is 1.95. The maximum atomic E-state index is 6.45. The van der Waals surface area contributed by atoms with Crippen LogP contribution in [0.3, 0.4) is 0 Å². The zero-order chi connectivity index (χ0) is 12.0. The Morgan fingerprint density at radius 3 is 1.94 bits per heavy atom. The predicted molar refractivity (Wildman–Crippen MR) is 72.7 cm³/mol. The molecule has 4 bridgehead atoms. The SMILES string of the molecule is CCCC(N)C(C)C12CC3CC(CC(C3)C1)C2. The van der Waals surface area contributed by atoms with Crippen LogP contribution >= 0.6 is 0 Å². The Morgan fingerprint density at radius 2 is 1.53 bits per heavy atom. The number of hydrogen-bond donors (Lipinski definition) is 1. The van der Waals surface area contributed by atoms with E-state index < -0.39 is 0 Å². The number of hydrogen-bond acceptors (Lipinski definition) is 1. The van der Waals surface area contributed by atoms with Crippen molar-refractivity contribution in [1.29, 1.82) is 0 Å². The molecule has 17 heavy (non-hydrogen) atoms. The van der Waals surface area contributed by atoms with E-state index in [1.165, 1.54) is 32.1 Å². The minimum absolute atomic E-state index is 0.455. The summed E-state index contributed by atoms with van der Waals surface area (Å²) in [4.78, 5) is 0. The molecule has 0 aromatic carbocycles. The van der Waals surface area contributed by atoms with Crippen LogP contribution in [0.5, 0.6) is 0 Å². The van der Waals surface area contributed by atoms with Crippen LogP contribution in [-0.4, -0.2) is 6.04 Å². The topological polar surface area (TPSA) is 26.0 Å². The molecule has 0 amide bonds. The summed E-state index contributed by atoms with van der Waals surface area (Å²) >= 11 is 0. The van der Waals surface area contributed by atoms with Crippen LogP contribution in [0, 0.1) is 29.1 Å². The van der Waals surface area contributed by atoms with Gasteiger partial charge in [0.2, 0.25) is 0 Å². The van der Waals surface area contributed by atoms with Crippen molar-refractivity contribution in [3.05, 3.63) is 0 Å². The lowest BCUT2D eigenvalue weighted by Crippen LogP contribution is -2.52. The molecule has 1 heteroatoms. The smallest absolute Gasteiger partial charge is 0.00697 e. The lowest BCUT2D eigenvalue weighted by molar-refractivity contribution is -0.0887. The van der Waals surface area contributed by atoms with Crippen LogP contribution in [0.25, 0.3) is 0 Å². The molecular formula is C16H29N. The van der Waals surface area contributed by atoms with Crippen LogP contribution in [0.15, 0.2) is 0 Å². The molecule has 98 valence electrons. The molecule has 0 heterocycles. The van der Waals surface area contributed by atoms with E-state index in [-0.39, 0.29) is 0 Å². The fourth-order valence-corrected chi connectivity index (χ4v) is 5.77. The standard InChI is InChI=1S/C16H29N/c1-3-4-15(17)11(2)16-8-12-5-13(9-16)7-14(6-12)10-16/h11-15H,3-10,17H2,1-2H3. The fourth-order valence-electron chi connectivity index (χ4n) is 5.77. The Morgan fingerprint density at radius 1 is 1.06 bits per heavy atom. The highest BCUT2D eigenvalue weighted by molar-refractivity contribution is 5.04. The zero-order valence-electron chi connectivity index (χ0n) is 11.6. The van der Waals surface area contributed by atoms with E-state index in [1.807, 2.05) is 0 Å². The summed E-state index contributed by atoms with van der Waals surface area (Å²) in [6, 6.07) is 0.455. The van der Waals surface area contributed by atoms with E-state index in [0.29, 0.717) is 11.5 Å². The summed E-state index contributed by atoms with van der Waals surface area (Å²) < 4.78 is 0. The van der Waals surface area contributed by atoms with Gasteiger partial charge in [-0.3, -0.25) is 0 Å². The maximum Gasteiger partial charge on any atom is 0.00697 e. The molecule has 4 saturated carbocycles. The first-order valence-electron chi connectivity index (χ1n) is 7.88. The van der Waals surface area contributed by atoms with Gasteiger partial charge in [-0.2, -0.15) is 0 Å². The molecule has 2 unspecified atom stereocenters. The molecule has 4 aliphatic carbocycles. The van der Waals surface area contributed by atoms with E-state index in [1.54, 1.807) is 19.3 Å². The van der Waals surface area contributed by atoms with Crippen LogP contribution in [0.2, 0.25) is 0 Å². The molecule has 0 saturated heterocycles. The van der Waals surface area contributed by atoms with Gasteiger partial charge in [0, 0.05) is 6.04 Å². The van der Waals surface area contributed by atoms with Gasteiger partial charge in [0.05, 0.1) is 0 Å². The van der Waals surface area contributed by atoms with E-state index in [9.17, 15) is 0 Å². The third-order valence-corrected chi connectivity index (χ3v) is 6.32. The van der Waals surface area contributed by atoms with Crippen LogP contribution in [0.4, 0.5) is 0 Å². The lowest BCUT2D eigenvalue weighted by atomic mass is 9.46. The van der Waals surface area contributed by atoms with Crippen molar-refractivity contribution in [2.75, 3.05) is 0 Å². The molecular weight excluding hydrogens is 206 g/mol. The molecule has 4 fully saturated rings. The van der Waals surface area contributed by atoms with E-state index in [2.05, 4.69) is 13.8 Å². The molecule has 0 spiro atoms. The van der Waals surface area contributed by atoms with E-state index in [0.717, 1.165) is 23.7 Å². The summed E-state index contributed by atoms with van der Waals surface area (Å²) in [5.74, 6) is 3.96. The first-order valence-corrected chi connectivity index (χ1v) is 7.88. The molecule has 0 aromatic heterocycles. The van der Waals surface area contributed by atoms with Crippen molar-refractivity contribution in [2.45, 2.75) is 71.3 Å². The van der Waals surface area contributed by atoms with Crippen LogP contribution in [0.1, 0.15) is 65.2 Å². The van der Waals surface area contributed by atoms with Gasteiger partial charge in [-0.1, -0.05) is 20.3 Å². The monoisotopic (exact) mass is 235 g/mol. The van der Waals surface area contributed by atoms with Crippen molar-refractivity contribution in [3.8, 4) is 0 Å². The summed E-state index contributed by atoms with van der Waals surface area (Å²) in [7, 11) is 0. The van der Waals surface area contributed by atoms with Crippen molar-refractivity contribution in [3.63, 3.8) is 0 Å². The van der Waals surface area contributed by atoms with Gasteiger partial charge in [-0.25, -0.2) is 0 Å². The second-order valence-corrected chi connectivity index (χ2v) is 7.52. The second kappa shape index (κ2) is 4.26. The maximum absolute atomic E-state index is 6.45. The zero-order valence-corrected chi connectivity index (χ0v) is 11.6. The van der Waals surface area contributed by atoms with Gasteiger partial charge in [0.15, 0.2) is 0 Å². The van der Waals surface area contributed by atoms with E-state index >= 15 is 0 Å². The minimum Gasteiger partial charge on any atom is -0.327 e. The molecule has 0 aliphatic heterocycles. The average Bonchev–Trinajstić information content (AvgIpc) is 2.26. The van der Waals surface area contributed by atoms with Gasteiger partial charge in [-0.15, -0.1) is 0 Å². The van der Waals surface area contributed by atoms with Gasteiger partial charge in [0.1, 0.15) is 0 Å². The molecule has 2 N–H and O–H groups in total. The molecule has 2 atom stereocenters. The van der Waals surface area contributed by atoms with Crippen molar-refractivity contribution < 1.29 is 0 Å². The fraction of sp³-hybridized carbons (Fsp3) is 1.00. The van der Waals surface area contributed by atoms with Gasteiger partial charge < -0.3 is 5.73 Å². The number of rotatable bonds is 4. The molecule has 0 radical (unpaired) electrons. The Hall–Kier alpha value is -0.0400. The highest BCUT2D eigenvalue weighted by Gasteiger charge is 2.53. The van der Waals surface area contributed by atoms with Crippen molar-refractivity contribution in [2.24, 2.45) is 34.8 Å². The highest BCUT2D eigenvalue weighted by Crippen LogP contribution is 2.63. The Balaban J connectivity index is 1.77. The highest BCUT2D eigenvalue weighted by atomic mass is 14.7. The Bertz CT molecular complexity index is 248. The predicted octanol–water partition coefficient (Wildman–Crippen LogP) is 3.97. The van der Waals surface area contributed by atoms with Crippen molar-refractivity contribution in [1.82, 2.24) is 0 Å². The lowest BCUT2D eigenvalue weighted by Gasteiger charge is -2.60. The Kier molecular flexibility index (Phi) is 3.01. The normalized spacial score (nSPS) is 47.1. The Labute approximate surface area is 107 Å². The summed E-state index contributed by atoms with van der Waals surface area (Å²) in [6.45, 7) is 4.74. The summed E-state index contributed by atoms with van der Waals surface area (Å²) in [6.07, 6.45) is 11.7. The van der Waals surface area contributed by atoms with Crippen LogP contribution in [-0.2, 0) is 0 Å². The summed E-state index contributed by atoms with van der Waals surface area (Å²) in [5.41, 5.74) is 7.11. The first kappa shape index (κ1) is 12.0. The van der Waals surface area contributed by atoms with Gasteiger partial charge in [0.25, 0.3) is 0 Å². The van der Waals surface area contributed by atoms with Crippen molar-refractivity contribution >= 4 is 0 Å². The van der Waals surface area contributed by atoms with Gasteiger partial charge >= 0.3 is 0 Å². The van der Waals surface area contributed by atoms with E-state index in [4.69, 9.17) is 5.73 Å². The van der Waals surface area contributed by atoms with Gasteiger partial charge in [-0.05, 0) is 74.0 Å². The molecule has 4 aliphatic rings. The van der Waals surface area contributed by atoms with Crippen LogP contribution < -0.4 is 5.73 Å². The second-order valence-electron chi connectivity index (χ2n) is 7.52. The third-order valence-electron chi connectivity index (χ3n) is 6.32. The number of nitrogens with two attached hydrogens (primary N) is 1. The summed E-state index contributed by atoms with van der Waals surface area (Å²) in [5, 5.41) is 0. The molecule has 0 aromatic rings.